The number of halogens is 1. The predicted octanol–water partition coefficient (Wildman–Crippen LogP) is 5.73. The van der Waals surface area contributed by atoms with Crippen molar-refractivity contribution >= 4 is 64.4 Å². The van der Waals surface area contributed by atoms with Gasteiger partial charge in [-0.2, -0.15) is 4.98 Å². The van der Waals surface area contributed by atoms with Crippen molar-refractivity contribution in [1.82, 2.24) is 35.7 Å². The minimum Gasteiger partial charge on any atom is -0.379 e. The van der Waals surface area contributed by atoms with Crippen molar-refractivity contribution in [2.75, 3.05) is 43.5 Å². The largest absolute Gasteiger partial charge is 0.379 e. The Balaban J connectivity index is 0.694. The standard InChI is InChI=1S/C48H53ClN10O6/c49-39-28-52-47(57-44(39)55-40-10-2-1-8-37(40)43(50)61)53-34-13-11-30(12-14-34)31-21-24-58(25-22-31)48(64)54-35-17-15-33(16-18-35)51-23-27-65-26-4-3-6-32-7-5-9-36-38(32)29-59(46(36)63)41-19-20-42(60)56-45(41)62/h1-2,5,7-14,28,31,33,35,41,51H,4,15-27,29H2,(H2,50,61)(H,54,64)(H,56,60,62)(H2,52,53,55,57)/t33-,35-,41?. The summed E-state index contributed by atoms with van der Waals surface area (Å²) in [6.45, 7) is 3.50. The first kappa shape index (κ1) is 45.0. The number of ether oxygens (including phenoxy) is 1. The lowest BCUT2D eigenvalue weighted by atomic mass is 9.89. The molecular weight excluding hydrogens is 848 g/mol. The van der Waals surface area contributed by atoms with Crippen LogP contribution in [-0.4, -0.2) is 100 Å². The Kier molecular flexibility index (Phi) is 14.5. The number of imide groups is 1. The number of fused-ring (bicyclic) bond motifs is 1. The summed E-state index contributed by atoms with van der Waals surface area (Å²) in [7, 11) is 0. The number of aromatic nitrogens is 2. The summed E-state index contributed by atoms with van der Waals surface area (Å²) in [5, 5.41) is 15.8. The molecule has 1 saturated carbocycles. The van der Waals surface area contributed by atoms with E-state index in [1.807, 2.05) is 23.1 Å². The van der Waals surface area contributed by atoms with Gasteiger partial charge in [0.05, 0.1) is 30.7 Å². The molecule has 1 aromatic heterocycles. The zero-order valence-electron chi connectivity index (χ0n) is 36.0. The maximum atomic E-state index is 13.2. The molecule has 17 heteroatoms. The third-order valence-electron chi connectivity index (χ3n) is 12.5. The molecule has 1 atom stereocenters. The van der Waals surface area contributed by atoms with E-state index in [-0.39, 0.29) is 30.3 Å². The number of amides is 6. The Labute approximate surface area is 382 Å². The van der Waals surface area contributed by atoms with Crippen LogP contribution in [0.15, 0.2) is 72.9 Å². The van der Waals surface area contributed by atoms with Gasteiger partial charge in [0.15, 0.2) is 5.82 Å². The number of carbonyl (C=O) groups is 5. The quantitative estimate of drug-likeness (QED) is 0.0512. The van der Waals surface area contributed by atoms with Crippen molar-refractivity contribution in [2.45, 2.75) is 88.4 Å². The first-order valence-corrected chi connectivity index (χ1v) is 22.6. The summed E-state index contributed by atoms with van der Waals surface area (Å²) in [5.74, 6) is 5.87. The zero-order valence-corrected chi connectivity index (χ0v) is 36.8. The smallest absolute Gasteiger partial charge is 0.317 e. The van der Waals surface area contributed by atoms with Crippen LogP contribution in [0.25, 0.3) is 0 Å². The summed E-state index contributed by atoms with van der Waals surface area (Å²) in [6.07, 6.45) is 8.18. The SMILES string of the molecule is NC(=O)c1ccccc1Nc1nc(Nc2ccc(C3CCN(C(=O)N[C@H]4CC[C@H](NCCOCCC#Cc5cccc6c5CN(C5CCC(=O)NC5=O)C6=O)CC4)CC3)cc2)ncc1Cl. The molecule has 0 spiro atoms. The molecule has 8 rings (SSSR count). The van der Waals surface area contributed by atoms with Crippen LogP contribution in [0.3, 0.4) is 0 Å². The number of hydrogen-bond donors (Lipinski definition) is 6. The first-order valence-electron chi connectivity index (χ1n) is 22.3. The van der Waals surface area contributed by atoms with E-state index in [1.54, 1.807) is 36.4 Å². The molecule has 4 heterocycles. The number of likely N-dealkylation sites (tertiary alicyclic amines) is 1. The third-order valence-corrected chi connectivity index (χ3v) is 12.8. The van der Waals surface area contributed by atoms with Crippen molar-refractivity contribution in [2.24, 2.45) is 5.73 Å². The number of carbonyl (C=O) groups excluding carboxylic acids is 5. The van der Waals surface area contributed by atoms with Crippen LogP contribution < -0.4 is 32.3 Å². The van der Waals surface area contributed by atoms with Crippen molar-refractivity contribution in [3.05, 3.63) is 106 Å². The van der Waals surface area contributed by atoms with Crippen molar-refractivity contribution < 1.29 is 28.7 Å². The highest BCUT2D eigenvalue weighted by Gasteiger charge is 2.39. The maximum Gasteiger partial charge on any atom is 0.317 e. The van der Waals surface area contributed by atoms with Crippen LogP contribution in [0.4, 0.5) is 27.9 Å². The molecule has 0 bridgehead atoms. The molecule has 4 aromatic rings. The molecule has 6 amide bonds. The van der Waals surface area contributed by atoms with Gasteiger partial charge in [0.2, 0.25) is 17.8 Å². The Hall–Kier alpha value is -6.54. The normalized spacial score (nSPS) is 19.8. The minimum atomic E-state index is -0.654. The second-order valence-electron chi connectivity index (χ2n) is 16.8. The summed E-state index contributed by atoms with van der Waals surface area (Å²) >= 11 is 6.36. The lowest BCUT2D eigenvalue weighted by Gasteiger charge is -2.35. The molecule has 3 aromatic carbocycles. The number of nitrogens with two attached hydrogens (primary N) is 1. The summed E-state index contributed by atoms with van der Waals surface area (Å²) in [6, 6.07) is 20.4. The van der Waals surface area contributed by atoms with Crippen LogP contribution in [0.1, 0.15) is 101 Å². The number of piperidine rings is 2. The summed E-state index contributed by atoms with van der Waals surface area (Å²) < 4.78 is 5.84. The third kappa shape index (κ3) is 11.2. The second-order valence-corrected chi connectivity index (χ2v) is 17.2. The van der Waals surface area contributed by atoms with Crippen molar-refractivity contribution in [3.8, 4) is 11.8 Å². The molecule has 2 saturated heterocycles. The molecule has 1 aliphatic carbocycles. The Morgan fingerprint density at radius 3 is 2.43 bits per heavy atom. The molecule has 16 nitrogen and oxygen atoms in total. The van der Waals surface area contributed by atoms with E-state index in [2.05, 4.69) is 60.5 Å². The highest BCUT2D eigenvalue weighted by atomic mass is 35.5. The molecule has 1 unspecified atom stereocenters. The van der Waals surface area contributed by atoms with Gasteiger partial charge in [0.1, 0.15) is 11.1 Å². The molecule has 4 aliphatic rings. The number of primary amides is 1. The van der Waals surface area contributed by atoms with Crippen LogP contribution in [0.2, 0.25) is 5.02 Å². The average molecular weight is 901 g/mol. The number of nitrogens with one attached hydrogen (secondary N) is 5. The van der Waals surface area contributed by atoms with Gasteiger partial charge in [-0.3, -0.25) is 24.5 Å². The van der Waals surface area contributed by atoms with Gasteiger partial charge in [-0.05, 0) is 98.4 Å². The van der Waals surface area contributed by atoms with Gasteiger partial charge < -0.3 is 41.5 Å². The van der Waals surface area contributed by atoms with E-state index in [0.717, 1.165) is 61.9 Å². The lowest BCUT2D eigenvalue weighted by molar-refractivity contribution is -0.136. The number of nitrogens with zero attached hydrogens (tertiary/aromatic N) is 4. The van der Waals surface area contributed by atoms with Crippen LogP contribution >= 0.6 is 11.6 Å². The average Bonchev–Trinajstić information content (AvgIpc) is 3.65. The van der Waals surface area contributed by atoms with Crippen molar-refractivity contribution in [3.63, 3.8) is 0 Å². The van der Waals surface area contributed by atoms with Crippen molar-refractivity contribution in [1.29, 1.82) is 0 Å². The van der Waals surface area contributed by atoms with E-state index < -0.39 is 17.9 Å². The number of rotatable bonds is 14. The highest BCUT2D eigenvalue weighted by molar-refractivity contribution is 6.33. The van der Waals surface area contributed by atoms with E-state index in [4.69, 9.17) is 22.1 Å². The topological polar surface area (TPSA) is 213 Å². The van der Waals surface area contributed by atoms with E-state index in [0.29, 0.717) is 91.3 Å². The number of benzene rings is 3. The highest BCUT2D eigenvalue weighted by Crippen LogP contribution is 2.32. The zero-order chi connectivity index (χ0) is 45.3. The van der Waals surface area contributed by atoms with Gasteiger partial charge in [-0.25, -0.2) is 9.78 Å². The number of urea groups is 1. The van der Waals surface area contributed by atoms with Gasteiger partial charge in [0.25, 0.3) is 11.8 Å². The molecule has 3 fully saturated rings. The first-order chi connectivity index (χ1) is 31.6. The van der Waals surface area contributed by atoms with Gasteiger partial charge in [0, 0.05) is 67.9 Å². The fourth-order valence-corrected chi connectivity index (χ4v) is 9.10. The fourth-order valence-electron chi connectivity index (χ4n) is 8.96. The van der Waals surface area contributed by atoms with Crippen LogP contribution in [0.5, 0.6) is 0 Å². The molecule has 65 heavy (non-hydrogen) atoms. The lowest BCUT2D eigenvalue weighted by Crippen LogP contribution is -2.52. The van der Waals surface area contributed by atoms with Crippen LogP contribution in [-0.2, 0) is 20.9 Å². The fraction of sp³-hybridized carbons (Fsp3) is 0.396. The van der Waals surface area contributed by atoms with Gasteiger partial charge >= 0.3 is 6.03 Å². The van der Waals surface area contributed by atoms with E-state index >= 15 is 0 Å². The maximum absolute atomic E-state index is 13.2. The Morgan fingerprint density at radius 2 is 1.66 bits per heavy atom. The van der Waals surface area contributed by atoms with Gasteiger partial charge in [-0.15, -0.1) is 0 Å². The predicted molar refractivity (Wildman–Crippen MR) is 246 cm³/mol. The molecule has 3 aliphatic heterocycles. The molecule has 7 N–H and O–H groups in total. The van der Waals surface area contributed by atoms with Gasteiger partial charge in [-0.1, -0.05) is 53.8 Å². The number of hydrogen-bond acceptors (Lipinski definition) is 11. The summed E-state index contributed by atoms with van der Waals surface area (Å²) in [5.41, 5.74) is 10.5. The molecular formula is C48H53ClN10O6. The number of anilines is 4. The van der Waals surface area contributed by atoms with Crippen LogP contribution in [0, 0.1) is 11.8 Å². The Bertz CT molecular complexity index is 2480. The van der Waals surface area contributed by atoms with E-state index in [1.165, 1.54) is 16.7 Å². The monoisotopic (exact) mass is 900 g/mol. The molecule has 0 radical (unpaired) electrons. The van der Waals surface area contributed by atoms with E-state index in [9.17, 15) is 24.0 Å². The minimum absolute atomic E-state index is 0.0187. The number of para-hydroxylation sites is 1. The Morgan fingerprint density at radius 1 is 0.892 bits per heavy atom. The summed E-state index contributed by atoms with van der Waals surface area (Å²) in [4.78, 5) is 74.5. The second kappa shape index (κ2) is 21.0. The molecule has 338 valence electrons.